The van der Waals surface area contributed by atoms with Crippen LogP contribution in [0.5, 0.6) is 0 Å². The van der Waals surface area contributed by atoms with Crippen molar-refractivity contribution in [1.82, 2.24) is 20.0 Å². The second-order valence-corrected chi connectivity index (χ2v) is 5.43. The molecule has 0 amide bonds. The van der Waals surface area contributed by atoms with Gasteiger partial charge in [0.25, 0.3) is 0 Å². The van der Waals surface area contributed by atoms with E-state index >= 15 is 0 Å². The minimum absolute atomic E-state index is 0.301. The summed E-state index contributed by atoms with van der Waals surface area (Å²) in [5, 5.41) is 8.02. The van der Waals surface area contributed by atoms with Crippen LogP contribution in [0.25, 0.3) is 0 Å². The van der Waals surface area contributed by atoms with E-state index in [0.29, 0.717) is 12.1 Å². The molecule has 2 unspecified atom stereocenters. The predicted molar refractivity (Wildman–Crippen MR) is 76.2 cm³/mol. The Morgan fingerprint density at radius 1 is 1.58 bits per heavy atom. The first-order chi connectivity index (χ1) is 9.19. The minimum Gasteiger partial charge on any atom is -0.374 e. The van der Waals surface area contributed by atoms with Crippen molar-refractivity contribution in [3.63, 3.8) is 0 Å². The van der Waals surface area contributed by atoms with E-state index in [2.05, 4.69) is 48.5 Å². The Bertz CT molecular complexity index is 379. The summed E-state index contributed by atoms with van der Waals surface area (Å²) in [6.07, 6.45) is 3.47. The third-order valence-electron chi connectivity index (χ3n) is 3.73. The molecular weight excluding hydrogens is 240 g/mol. The summed E-state index contributed by atoms with van der Waals surface area (Å²) in [7, 11) is 2.14. The molecule has 0 saturated carbocycles. The molecule has 1 aromatic rings. The van der Waals surface area contributed by atoms with E-state index in [0.717, 1.165) is 44.9 Å². The molecule has 1 saturated heterocycles. The first-order valence-corrected chi connectivity index (χ1v) is 7.24. The summed E-state index contributed by atoms with van der Waals surface area (Å²) in [6, 6.07) is 2.57. The Kier molecular flexibility index (Phi) is 5.36. The molecule has 0 aliphatic carbocycles. The van der Waals surface area contributed by atoms with E-state index in [-0.39, 0.29) is 0 Å². The molecule has 0 radical (unpaired) electrons. The van der Waals surface area contributed by atoms with Gasteiger partial charge in [0.1, 0.15) is 0 Å². The first-order valence-electron chi connectivity index (χ1n) is 7.24. The molecule has 2 atom stereocenters. The van der Waals surface area contributed by atoms with Gasteiger partial charge in [0, 0.05) is 38.4 Å². The lowest BCUT2D eigenvalue weighted by Crippen LogP contribution is -2.44. The van der Waals surface area contributed by atoms with Gasteiger partial charge in [0.05, 0.1) is 18.4 Å². The fourth-order valence-electron chi connectivity index (χ4n) is 2.26. The van der Waals surface area contributed by atoms with Gasteiger partial charge in [0.2, 0.25) is 0 Å². The van der Waals surface area contributed by atoms with Crippen LogP contribution in [0, 0.1) is 0 Å². The molecule has 1 aromatic heterocycles. The van der Waals surface area contributed by atoms with Crippen molar-refractivity contribution in [2.24, 2.45) is 0 Å². The third-order valence-corrected chi connectivity index (χ3v) is 3.73. The van der Waals surface area contributed by atoms with Gasteiger partial charge < -0.3 is 15.0 Å². The summed E-state index contributed by atoms with van der Waals surface area (Å²) < 4.78 is 7.76. The quantitative estimate of drug-likeness (QED) is 0.842. The monoisotopic (exact) mass is 266 g/mol. The van der Waals surface area contributed by atoms with Crippen LogP contribution in [0.2, 0.25) is 0 Å². The number of aromatic nitrogens is 2. The number of nitrogens with zero attached hydrogens (tertiary/aromatic N) is 3. The zero-order valence-electron chi connectivity index (χ0n) is 12.3. The van der Waals surface area contributed by atoms with Crippen molar-refractivity contribution in [2.45, 2.75) is 39.0 Å². The molecule has 1 N–H and O–H groups in total. The maximum atomic E-state index is 5.72. The highest BCUT2D eigenvalue weighted by Crippen LogP contribution is 2.09. The lowest BCUT2D eigenvalue weighted by Gasteiger charge is -2.30. The largest absolute Gasteiger partial charge is 0.374 e. The normalized spacial score (nSPS) is 22.6. The second kappa shape index (κ2) is 7.03. The van der Waals surface area contributed by atoms with Crippen LogP contribution in [0.15, 0.2) is 12.3 Å². The maximum Gasteiger partial charge on any atom is 0.0826 e. The zero-order valence-corrected chi connectivity index (χ0v) is 12.3. The summed E-state index contributed by atoms with van der Waals surface area (Å²) in [4.78, 5) is 2.31. The molecule has 1 fully saturated rings. The van der Waals surface area contributed by atoms with Crippen molar-refractivity contribution in [3.05, 3.63) is 18.0 Å². The van der Waals surface area contributed by atoms with Crippen LogP contribution in [0.1, 0.15) is 32.0 Å². The fourth-order valence-corrected chi connectivity index (χ4v) is 2.26. The number of likely N-dealkylation sites (N-methyl/N-ethyl adjacent to an activating group) is 1. The van der Waals surface area contributed by atoms with Crippen LogP contribution in [0.4, 0.5) is 0 Å². The van der Waals surface area contributed by atoms with Crippen LogP contribution < -0.4 is 5.32 Å². The van der Waals surface area contributed by atoms with Crippen molar-refractivity contribution in [1.29, 1.82) is 0 Å². The highest BCUT2D eigenvalue weighted by molar-refractivity contribution is 4.99. The minimum atomic E-state index is 0.301. The standard InChI is InChI=1S/C14H26N4O/c1-4-12(2)18-6-5-13(16-18)9-15-10-14-11-17(3)7-8-19-14/h5-6,12,14-15H,4,7-11H2,1-3H3. The zero-order chi connectivity index (χ0) is 13.7. The smallest absolute Gasteiger partial charge is 0.0826 e. The van der Waals surface area contributed by atoms with Gasteiger partial charge in [-0.15, -0.1) is 0 Å². The van der Waals surface area contributed by atoms with Crippen molar-refractivity contribution >= 4 is 0 Å². The SMILES string of the molecule is CCC(C)n1ccc(CNCC2CN(C)CCO2)n1. The number of hydrogen-bond donors (Lipinski definition) is 1. The van der Waals surface area contributed by atoms with E-state index in [9.17, 15) is 0 Å². The van der Waals surface area contributed by atoms with Gasteiger partial charge in [-0.25, -0.2) is 0 Å². The highest BCUT2D eigenvalue weighted by atomic mass is 16.5. The van der Waals surface area contributed by atoms with Gasteiger partial charge in [-0.3, -0.25) is 4.68 Å². The summed E-state index contributed by atoms with van der Waals surface area (Å²) in [5.74, 6) is 0. The van der Waals surface area contributed by atoms with Crippen molar-refractivity contribution < 1.29 is 4.74 Å². The van der Waals surface area contributed by atoms with E-state index in [4.69, 9.17) is 4.74 Å². The van der Waals surface area contributed by atoms with E-state index < -0.39 is 0 Å². The molecule has 19 heavy (non-hydrogen) atoms. The molecule has 108 valence electrons. The van der Waals surface area contributed by atoms with Gasteiger partial charge in [-0.1, -0.05) is 6.92 Å². The Morgan fingerprint density at radius 2 is 2.42 bits per heavy atom. The van der Waals surface area contributed by atoms with Crippen LogP contribution in [-0.4, -0.2) is 54.1 Å². The van der Waals surface area contributed by atoms with Gasteiger partial charge in [-0.05, 0) is 26.5 Å². The number of ether oxygens (including phenoxy) is 1. The van der Waals surface area contributed by atoms with E-state index in [1.807, 2.05) is 4.68 Å². The van der Waals surface area contributed by atoms with Crippen LogP contribution in [-0.2, 0) is 11.3 Å². The topological polar surface area (TPSA) is 42.3 Å². The molecule has 2 heterocycles. The fraction of sp³-hybridized carbons (Fsp3) is 0.786. The lowest BCUT2D eigenvalue weighted by molar-refractivity contribution is -0.0182. The van der Waals surface area contributed by atoms with E-state index in [1.54, 1.807) is 0 Å². The molecule has 2 rings (SSSR count). The average molecular weight is 266 g/mol. The summed E-state index contributed by atoms with van der Waals surface area (Å²) >= 11 is 0. The first kappa shape index (κ1) is 14.5. The van der Waals surface area contributed by atoms with Crippen molar-refractivity contribution in [3.8, 4) is 0 Å². The highest BCUT2D eigenvalue weighted by Gasteiger charge is 2.17. The number of nitrogens with one attached hydrogen (secondary N) is 1. The number of morpholine rings is 1. The Morgan fingerprint density at radius 3 is 3.16 bits per heavy atom. The molecule has 0 spiro atoms. The molecule has 5 nitrogen and oxygen atoms in total. The Balaban J connectivity index is 1.72. The molecule has 5 heteroatoms. The number of hydrogen-bond acceptors (Lipinski definition) is 4. The summed E-state index contributed by atoms with van der Waals surface area (Å²) in [6.45, 7) is 8.96. The predicted octanol–water partition coefficient (Wildman–Crippen LogP) is 1.27. The summed E-state index contributed by atoms with van der Waals surface area (Å²) in [5.41, 5.74) is 1.10. The van der Waals surface area contributed by atoms with Gasteiger partial charge in [-0.2, -0.15) is 5.10 Å². The van der Waals surface area contributed by atoms with Gasteiger partial charge in [0.15, 0.2) is 0 Å². The van der Waals surface area contributed by atoms with Gasteiger partial charge >= 0.3 is 0 Å². The van der Waals surface area contributed by atoms with E-state index in [1.165, 1.54) is 0 Å². The molecule has 1 aliphatic heterocycles. The molecular formula is C14H26N4O. The average Bonchev–Trinajstić information content (AvgIpc) is 2.87. The number of rotatable bonds is 6. The Hall–Kier alpha value is -0.910. The molecule has 0 aromatic carbocycles. The molecule has 1 aliphatic rings. The lowest BCUT2D eigenvalue weighted by atomic mass is 10.3. The van der Waals surface area contributed by atoms with Crippen LogP contribution >= 0.6 is 0 Å². The van der Waals surface area contributed by atoms with Crippen molar-refractivity contribution in [2.75, 3.05) is 33.3 Å². The molecule has 0 bridgehead atoms. The van der Waals surface area contributed by atoms with Crippen LogP contribution in [0.3, 0.4) is 0 Å². The maximum absolute atomic E-state index is 5.72. The third kappa shape index (κ3) is 4.30. The second-order valence-electron chi connectivity index (χ2n) is 5.43. The Labute approximate surface area is 115 Å².